The van der Waals surface area contributed by atoms with Crippen LogP contribution < -0.4 is 14.4 Å². The smallest absolute Gasteiger partial charge is 0.240 e. The van der Waals surface area contributed by atoms with Gasteiger partial charge in [-0.3, -0.25) is 9.10 Å². The molecule has 1 aromatic carbocycles. The van der Waals surface area contributed by atoms with E-state index < -0.39 is 10.0 Å². The van der Waals surface area contributed by atoms with Crippen molar-refractivity contribution >= 4 is 21.6 Å². The molecule has 7 nitrogen and oxygen atoms in total. The lowest BCUT2D eigenvalue weighted by molar-refractivity contribution is -0.120. The van der Waals surface area contributed by atoms with Crippen LogP contribution in [0.1, 0.15) is 26.7 Å². The Morgan fingerprint density at radius 2 is 2.04 bits per heavy atom. The topological polar surface area (TPSA) is 84.9 Å². The summed E-state index contributed by atoms with van der Waals surface area (Å²) in [5.41, 5.74) is 0.422. The van der Waals surface area contributed by atoms with Crippen LogP contribution >= 0.6 is 0 Å². The first kappa shape index (κ1) is 19.5. The van der Waals surface area contributed by atoms with Crippen LogP contribution in [0.2, 0.25) is 0 Å². The number of hydrogen-bond donors (Lipinski definition) is 1. The summed E-state index contributed by atoms with van der Waals surface area (Å²) in [6.07, 6.45) is 3.02. The van der Waals surface area contributed by atoms with Gasteiger partial charge in [-0.1, -0.05) is 0 Å². The van der Waals surface area contributed by atoms with E-state index in [1.54, 1.807) is 24.3 Å². The molecule has 2 rings (SSSR count). The molecule has 140 valence electrons. The van der Waals surface area contributed by atoms with Crippen molar-refractivity contribution in [2.24, 2.45) is 0 Å². The minimum absolute atomic E-state index is 0.0168. The zero-order valence-corrected chi connectivity index (χ0v) is 15.7. The van der Waals surface area contributed by atoms with E-state index in [0.717, 1.165) is 23.4 Å². The third-order valence-electron chi connectivity index (χ3n) is 3.73. The Kier molecular flexibility index (Phi) is 6.66. The SMILES string of the molecule is CC(C)Oc1ccc(N(CC(=O)NCC2CCCO2)S(C)(=O)=O)cc1. The van der Waals surface area contributed by atoms with Gasteiger partial charge in [0.1, 0.15) is 12.3 Å². The molecule has 0 spiro atoms. The lowest BCUT2D eigenvalue weighted by Crippen LogP contribution is -2.42. The standard InChI is InChI=1S/C17H26N2O5S/c1-13(2)24-15-8-6-14(7-9-15)19(25(3,21)22)12-17(20)18-11-16-5-4-10-23-16/h6-9,13,16H,4-5,10-12H2,1-3H3,(H,18,20). The van der Waals surface area contributed by atoms with Crippen molar-refractivity contribution in [3.8, 4) is 5.75 Å². The number of nitrogens with one attached hydrogen (secondary N) is 1. The van der Waals surface area contributed by atoms with Crippen LogP contribution in [0, 0.1) is 0 Å². The van der Waals surface area contributed by atoms with Crippen molar-refractivity contribution < 1.29 is 22.7 Å². The van der Waals surface area contributed by atoms with E-state index in [0.29, 0.717) is 24.6 Å². The number of anilines is 1. The average Bonchev–Trinajstić information content (AvgIpc) is 3.03. The average molecular weight is 370 g/mol. The van der Waals surface area contributed by atoms with Crippen LogP contribution in [-0.2, 0) is 19.6 Å². The molecule has 0 saturated carbocycles. The number of sulfonamides is 1. The molecule has 1 amide bonds. The number of carbonyl (C=O) groups is 1. The number of ether oxygens (including phenoxy) is 2. The summed E-state index contributed by atoms with van der Waals surface area (Å²) < 4.78 is 36.2. The van der Waals surface area contributed by atoms with Gasteiger partial charge in [0.25, 0.3) is 0 Å². The lowest BCUT2D eigenvalue weighted by Gasteiger charge is -2.22. The molecule has 8 heteroatoms. The Balaban J connectivity index is 2.01. The first-order valence-corrected chi connectivity index (χ1v) is 10.2. The molecular weight excluding hydrogens is 344 g/mol. The Bertz CT molecular complexity index is 667. The van der Waals surface area contributed by atoms with Crippen molar-refractivity contribution in [1.82, 2.24) is 5.32 Å². The number of nitrogens with zero attached hydrogens (tertiary/aromatic N) is 1. The van der Waals surface area contributed by atoms with E-state index in [2.05, 4.69) is 5.32 Å². The van der Waals surface area contributed by atoms with Crippen molar-refractivity contribution in [1.29, 1.82) is 0 Å². The van der Waals surface area contributed by atoms with Crippen molar-refractivity contribution in [3.63, 3.8) is 0 Å². The predicted molar refractivity (Wildman–Crippen MR) is 96.4 cm³/mol. The Labute approximate surface area is 149 Å². The normalized spacial score (nSPS) is 17.5. The van der Waals surface area contributed by atoms with Gasteiger partial charge < -0.3 is 14.8 Å². The summed E-state index contributed by atoms with van der Waals surface area (Å²) in [5.74, 6) is 0.290. The van der Waals surface area contributed by atoms with Crippen LogP contribution in [0.15, 0.2) is 24.3 Å². The number of amides is 1. The highest BCUT2D eigenvalue weighted by Crippen LogP contribution is 2.22. The number of rotatable bonds is 8. The van der Waals surface area contributed by atoms with E-state index in [-0.39, 0.29) is 24.7 Å². The van der Waals surface area contributed by atoms with Gasteiger partial charge >= 0.3 is 0 Å². The van der Waals surface area contributed by atoms with Crippen LogP contribution in [0.5, 0.6) is 5.75 Å². The Morgan fingerprint density at radius 1 is 1.36 bits per heavy atom. The van der Waals surface area contributed by atoms with Crippen molar-refractivity contribution in [2.45, 2.75) is 38.9 Å². The number of hydrogen-bond acceptors (Lipinski definition) is 5. The third-order valence-corrected chi connectivity index (χ3v) is 4.88. The fraction of sp³-hybridized carbons (Fsp3) is 0.588. The molecule has 1 atom stereocenters. The van der Waals surface area contributed by atoms with Gasteiger partial charge in [-0.15, -0.1) is 0 Å². The van der Waals surface area contributed by atoms with Crippen LogP contribution in [-0.4, -0.2) is 52.5 Å². The summed E-state index contributed by atoms with van der Waals surface area (Å²) in [6, 6.07) is 6.65. The van der Waals surface area contributed by atoms with E-state index in [1.807, 2.05) is 13.8 Å². The molecular formula is C17H26N2O5S. The van der Waals surface area contributed by atoms with Gasteiger partial charge in [0, 0.05) is 13.2 Å². The van der Waals surface area contributed by atoms with Gasteiger partial charge in [-0.2, -0.15) is 0 Å². The van der Waals surface area contributed by atoms with Gasteiger partial charge in [-0.25, -0.2) is 8.42 Å². The molecule has 0 aromatic heterocycles. The molecule has 0 bridgehead atoms. The molecule has 1 unspecified atom stereocenters. The van der Waals surface area contributed by atoms with Crippen molar-refractivity contribution in [2.75, 3.05) is 30.3 Å². The maximum Gasteiger partial charge on any atom is 0.240 e. The summed E-state index contributed by atoms with van der Waals surface area (Å²) in [6.45, 7) is 4.67. The van der Waals surface area contributed by atoms with Gasteiger partial charge in [0.05, 0.1) is 24.2 Å². The predicted octanol–water partition coefficient (Wildman–Crippen LogP) is 1.53. The van der Waals surface area contributed by atoms with Crippen LogP contribution in [0.25, 0.3) is 0 Å². The van der Waals surface area contributed by atoms with Gasteiger partial charge in [0.15, 0.2) is 0 Å². The summed E-state index contributed by atoms with van der Waals surface area (Å²) in [4.78, 5) is 12.1. The molecule has 1 fully saturated rings. The molecule has 1 aliphatic rings. The fourth-order valence-electron chi connectivity index (χ4n) is 2.58. The molecule has 1 aromatic rings. The van der Waals surface area contributed by atoms with E-state index in [9.17, 15) is 13.2 Å². The maximum atomic E-state index is 12.1. The van der Waals surface area contributed by atoms with E-state index in [1.165, 1.54) is 0 Å². The van der Waals surface area contributed by atoms with Crippen LogP contribution in [0.3, 0.4) is 0 Å². The third kappa shape index (κ3) is 6.21. The highest BCUT2D eigenvalue weighted by atomic mass is 32.2. The summed E-state index contributed by atoms with van der Waals surface area (Å²) in [7, 11) is -3.59. The largest absolute Gasteiger partial charge is 0.491 e. The quantitative estimate of drug-likeness (QED) is 0.750. The summed E-state index contributed by atoms with van der Waals surface area (Å²) in [5, 5.41) is 2.74. The van der Waals surface area contributed by atoms with Gasteiger partial charge in [0.2, 0.25) is 15.9 Å². The second-order valence-corrected chi connectivity index (χ2v) is 8.28. The number of benzene rings is 1. The van der Waals surface area contributed by atoms with E-state index >= 15 is 0 Å². The minimum Gasteiger partial charge on any atom is -0.491 e. The highest BCUT2D eigenvalue weighted by molar-refractivity contribution is 7.92. The molecule has 0 aliphatic carbocycles. The van der Waals surface area contributed by atoms with Crippen molar-refractivity contribution in [3.05, 3.63) is 24.3 Å². The maximum absolute atomic E-state index is 12.1. The Morgan fingerprint density at radius 3 is 2.56 bits per heavy atom. The zero-order chi connectivity index (χ0) is 18.4. The monoisotopic (exact) mass is 370 g/mol. The lowest BCUT2D eigenvalue weighted by atomic mass is 10.2. The number of carbonyl (C=O) groups excluding carboxylic acids is 1. The minimum atomic E-state index is -3.59. The first-order valence-electron chi connectivity index (χ1n) is 8.38. The fourth-order valence-corrected chi connectivity index (χ4v) is 3.44. The van der Waals surface area contributed by atoms with Crippen LogP contribution in [0.4, 0.5) is 5.69 Å². The highest BCUT2D eigenvalue weighted by Gasteiger charge is 2.22. The molecule has 0 radical (unpaired) electrons. The molecule has 1 aliphatic heterocycles. The van der Waals surface area contributed by atoms with E-state index in [4.69, 9.17) is 9.47 Å². The molecule has 1 saturated heterocycles. The second-order valence-electron chi connectivity index (χ2n) is 6.37. The molecule has 25 heavy (non-hydrogen) atoms. The Hall–Kier alpha value is -1.80. The first-order chi connectivity index (χ1) is 11.8. The molecule has 1 heterocycles. The molecule has 1 N–H and O–H groups in total. The zero-order valence-electron chi connectivity index (χ0n) is 14.9. The second kappa shape index (κ2) is 8.53. The summed E-state index contributed by atoms with van der Waals surface area (Å²) >= 11 is 0. The van der Waals surface area contributed by atoms with Gasteiger partial charge in [-0.05, 0) is 51.0 Å².